The number of thioether (sulfide) groups is 1. The van der Waals surface area contributed by atoms with E-state index < -0.39 is 0 Å². The van der Waals surface area contributed by atoms with E-state index in [-0.39, 0.29) is 17.8 Å². The highest BCUT2D eigenvalue weighted by molar-refractivity contribution is 8.01. The molecule has 1 aromatic carbocycles. The second-order valence-electron chi connectivity index (χ2n) is 6.77. The van der Waals surface area contributed by atoms with Gasteiger partial charge in [0.25, 0.3) is 0 Å². The van der Waals surface area contributed by atoms with Gasteiger partial charge in [-0.05, 0) is 25.0 Å². The molecule has 0 bridgehead atoms. The van der Waals surface area contributed by atoms with Gasteiger partial charge in [-0.3, -0.25) is 9.48 Å². The second kappa shape index (κ2) is 9.78. The Balaban J connectivity index is 1.27. The number of halogens is 1. The van der Waals surface area contributed by atoms with Gasteiger partial charge in [0, 0.05) is 36.9 Å². The van der Waals surface area contributed by atoms with Crippen molar-refractivity contribution < 1.29 is 9.53 Å². The number of anilines is 2. The van der Waals surface area contributed by atoms with Crippen molar-refractivity contribution >= 4 is 51.6 Å². The molecule has 1 aliphatic heterocycles. The molecule has 2 N–H and O–H groups in total. The first-order chi connectivity index (χ1) is 14.6. The Bertz CT molecular complexity index is 1000. The normalized spacial score (nSPS) is 16.0. The number of hydrogen-bond donors (Lipinski definition) is 2. The molecule has 11 heteroatoms. The SMILES string of the molecule is Cn1nc(-c2ccc(Cl)cc2)cc1NC(=O)CSc1nnc(NC[C@H]2CCCO2)s1. The third kappa shape index (κ3) is 5.51. The predicted molar refractivity (Wildman–Crippen MR) is 120 cm³/mol. The molecule has 158 valence electrons. The molecule has 2 aromatic heterocycles. The number of nitrogens with zero attached hydrogens (tertiary/aromatic N) is 4. The smallest absolute Gasteiger partial charge is 0.235 e. The number of rotatable bonds is 8. The van der Waals surface area contributed by atoms with Crippen molar-refractivity contribution in [2.24, 2.45) is 7.05 Å². The first-order valence-corrected chi connectivity index (χ1v) is 11.7. The van der Waals surface area contributed by atoms with E-state index in [0.717, 1.165) is 46.7 Å². The first kappa shape index (κ1) is 21.1. The maximum atomic E-state index is 12.4. The summed E-state index contributed by atoms with van der Waals surface area (Å²) in [6.07, 6.45) is 2.42. The van der Waals surface area contributed by atoms with Crippen LogP contribution in [0, 0.1) is 0 Å². The highest BCUT2D eigenvalue weighted by Gasteiger charge is 2.16. The molecule has 1 aliphatic rings. The number of nitrogens with one attached hydrogen (secondary N) is 2. The standard InChI is InChI=1S/C19H21ClN6O2S2/c1-26-16(9-15(25-26)12-4-6-13(20)7-5-12)22-17(27)11-29-19-24-23-18(30-19)21-10-14-3-2-8-28-14/h4-7,9,14H,2-3,8,10-11H2,1H3,(H,21,23)(H,22,27)/t14-/m1/s1. The second-order valence-corrected chi connectivity index (χ2v) is 9.41. The Kier molecular flexibility index (Phi) is 6.88. The zero-order chi connectivity index (χ0) is 20.9. The minimum atomic E-state index is -0.130. The van der Waals surface area contributed by atoms with Crippen LogP contribution in [0.4, 0.5) is 10.9 Å². The lowest BCUT2D eigenvalue weighted by Crippen LogP contribution is -2.18. The molecule has 3 aromatic rings. The third-order valence-corrected chi connectivity index (χ3v) is 6.79. The topological polar surface area (TPSA) is 94.0 Å². The van der Waals surface area contributed by atoms with Crippen LogP contribution in [0.3, 0.4) is 0 Å². The van der Waals surface area contributed by atoms with E-state index in [1.807, 2.05) is 30.3 Å². The number of carbonyl (C=O) groups excluding carboxylic acids is 1. The number of hydrogen-bond acceptors (Lipinski definition) is 8. The molecular weight excluding hydrogens is 444 g/mol. The lowest BCUT2D eigenvalue weighted by molar-refractivity contribution is -0.113. The summed E-state index contributed by atoms with van der Waals surface area (Å²) in [7, 11) is 1.79. The fraction of sp³-hybridized carbons (Fsp3) is 0.368. The average Bonchev–Trinajstić information content (AvgIpc) is 3.48. The van der Waals surface area contributed by atoms with Gasteiger partial charge in [-0.25, -0.2) is 0 Å². The maximum absolute atomic E-state index is 12.4. The van der Waals surface area contributed by atoms with Gasteiger partial charge >= 0.3 is 0 Å². The van der Waals surface area contributed by atoms with E-state index in [1.54, 1.807) is 11.7 Å². The fourth-order valence-electron chi connectivity index (χ4n) is 3.00. The van der Waals surface area contributed by atoms with Gasteiger partial charge < -0.3 is 15.4 Å². The quantitative estimate of drug-likeness (QED) is 0.488. The van der Waals surface area contributed by atoms with Crippen LogP contribution in [-0.2, 0) is 16.6 Å². The summed E-state index contributed by atoms with van der Waals surface area (Å²) in [6.45, 7) is 1.56. The van der Waals surface area contributed by atoms with Crippen molar-refractivity contribution in [3.05, 3.63) is 35.4 Å². The fourth-order valence-corrected chi connectivity index (χ4v) is 4.68. The van der Waals surface area contributed by atoms with E-state index >= 15 is 0 Å². The zero-order valence-corrected chi connectivity index (χ0v) is 18.7. The van der Waals surface area contributed by atoms with Crippen LogP contribution in [0.1, 0.15) is 12.8 Å². The van der Waals surface area contributed by atoms with E-state index in [9.17, 15) is 4.79 Å². The summed E-state index contributed by atoms with van der Waals surface area (Å²) in [4.78, 5) is 12.4. The largest absolute Gasteiger partial charge is 0.376 e. The Hall–Kier alpha value is -2.14. The Labute approximate surface area is 187 Å². The molecule has 8 nitrogen and oxygen atoms in total. The van der Waals surface area contributed by atoms with Crippen molar-refractivity contribution in [3.63, 3.8) is 0 Å². The van der Waals surface area contributed by atoms with Crippen LogP contribution in [0.5, 0.6) is 0 Å². The van der Waals surface area contributed by atoms with Crippen molar-refractivity contribution in [1.82, 2.24) is 20.0 Å². The lowest BCUT2D eigenvalue weighted by atomic mass is 10.1. The number of benzene rings is 1. The Morgan fingerprint density at radius 2 is 2.20 bits per heavy atom. The van der Waals surface area contributed by atoms with Crippen molar-refractivity contribution in [3.8, 4) is 11.3 Å². The molecule has 0 radical (unpaired) electrons. The Morgan fingerprint density at radius 3 is 2.97 bits per heavy atom. The molecule has 0 spiro atoms. The maximum Gasteiger partial charge on any atom is 0.235 e. The molecule has 1 fully saturated rings. The van der Waals surface area contributed by atoms with Crippen LogP contribution in [0.2, 0.25) is 5.02 Å². The monoisotopic (exact) mass is 464 g/mol. The Morgan fingerprint density at radius 1 is 1.37 bits per heavy atom. The van der Waals surface area contributed by atoms with Gasteiger partial charge in [0.15, 0.2) is 4.34 Å². The highest BCUT2D eigenvalue weighted by atomic mass is 35.5. The summed E-state index contributed by atoms with van der Waals surface area (Å²) in [5.41, 5.74) is 1.70. The first-order valence-electron chi connectivity index (χ1n) is 9.48. The molecule has 3 heterocycles. The molecule has 1 amide bonds. The van der Waals surface area contributed by atoms with Crippen LogP contribution < -0.4 is 10.6 Å². The van der Waals surface area contributed by atoms with Crippen LogP contribution in [-0.4, -0.2) is 50.9 Å². The van der Waals surface area contributed by atoms with Crippen molar-refractivity contribution in [1.29, 1.82) is 0 Å². The molecular formula is C19H21ClN6O2S2. The summed E-state index contributed by atoms with van der Waals surface area (Å²) >= 11 is 8.73. The van der Waals surface area contributed by atoms with E-state index in [0.29, 0.717) is 10.8 Å². The highest BCUT2D eigenvalue weighted by Crippen LogP contribution is 2.27. The number of aryl methyl sites for hydroxylation is 1. The van der Waals surface area contributed by atoms with Gasteiger partial charge in [0.2, 0.25) is 11.0 Å². The van der Waals surface area contributed by atoms with Crippen LogP contribution in [0.15, 0.2) is 34.7 Å². The van der Waals surface area contributed by atoms with Crippen LogP contribution in [0.25, 0.3) is 11.3 Å². The van der Waals surface area contributed by atoms with Crippen molar-refractivity contribution in [2.45, 2.75) is 23.3 Å². The molecule has 0 unspecified atom stereocenters. The predicted octanol–water partition coefficient (Wildman–Crippen LogP) is 3.91. The van der Waals surface area contributed by atoms with Gasteiger partial charge in [0.05, 0.1) is 17.6 Å². The van der Waals surface area contributed by atoms with Gasteiger partial charge in [-0.2, -0.15) is 5.10 Å². The number of amides is 1. The summed E-state index contributed by atoms with van der Waals surface area (Å²) < 4.78 is 7.97. The number of ether oxygens (including phenoxy) is 1. The molecule has 4 rings (SSSR count). The number of carbonyl (C=O) groups is 1. The van der Waals surface area contributed by atoms with Gasteiger partial charge in [-0.15, -0.1) is 10.2 Å². The summed E-state index contributed by atoms with van der Waals surface area (Å²) in [5, 5.41) is 20.3. The number of aromatic nitrogens is 4. The minimum absolute atomic E-state index is 0.130. The van der Waals surface area contributed by atoms with E-state index in [2.05, 4.69) is 25.9 Å². The molecule has 30 heavy (non-hydrogen) atoms. The van der Waals surface area contributed by atoms with E-state index in [4.69, 9.17) is 16.3 Å². The minimum Gasteiger partial charge on any atom is -0.376 e. The molecule has 0 saturated carbocycles. The van der Waals surface area contributed by atoms with Gasteiger partial charge in [-0.1, -0.05) is 46.8 Å². The summed E-state index contributed by atoms with van der Waals surface area (Å²) in [5.74, 6) is 0.735. The third-order valence-electron chi connectivity index (χ3n) is 4.53. The van der Waals surface area contributed by atoms with Crippen molar-refractivity contribution in [2.75, 3.05) is 29.5 Å². The zero-order valence-electron chi connectivity index (χ0n) is 16.3. The lowest BCUT2D eigenvalue weighted by Gasteiger charge is -2.08. The van der Waals surface area contributed by atoms with Gasteiger partial charge in [0.1, 0.15) is 5.82 Å². The molecule has 1 saturated heterocycles. The van der Waals surface area contributed by atoms with Crippen LogP contribution >= 0.6 is 34.7 Å². The molecule has 0 aliphatic carbocycles. The summed E-state index contributed by atoms with van der Waals surface area (Å²) in [6, 6.07) is 9.25. The molecule has 1 atom stereocenters. The average molecular weight is 465 g/mol. The van der Waals surface area contributed by atoms with E-state index in [1.165, 1.54) is 23.1 Å².